The molecule has 1 amide bonds. The van der Waals surface area contributed by atoms with Crippen LogP contribution in [0.2, 0.25) is 0 Å². The zero-order valence-electron chi connectivity index (χ0n) is 17.0. The van der Waals surface area contributed by atoms with Crippen LogP contribution in [-0.4, -0.2) is 58.5 Å². The van der Waals surface area contributed by atoms with Gasteiger partial charge in [-0.1, -0.05) is 24.3 Å². The molecule has 0 unspecified atom stereocenters. The van der Waals surface area contributed by atoms with Gasteiger partial charge in [-0.25, -0.2) is 9.49 Å². The molecule has 31 heavy (non-hydrogen) atoms. The maximum Gasteiger partial charge on any atom is 0.272 e. The number of likely N-dealkylation sites (tertiary alicyclic amines) is 1. The van der Waals surface area contributed by atoms with E-state index in [1.165, 1.54) is 6.07 Å². The number of hydrogen-bond donors (Lipinski definition) is 2. The minimum Gasteiger partial charge on any atom is -0.394 e. The van der Waals surface area contributed by atoms with E-state index < -0.39 is 5.82 Å². The number of amides is 1. The van der Waals surface area contributed by atoms with Crippen LogP contribution < -0.4 is 5.56 Å². The smallest absolute Gasteiger partial charge is 0.272 e. The van der Waals surface area contributed by atoms with Crippen molar-refractivity contribution in [2.75, 3.05) is 26.3 Å². The van der Waals surface area contributed by atoms with Crippen molar-refractivity contribution in [3.63, 3.8) is 0 Å². The number of H-pyrrole nitrogens is 1. The minimum absolute atomic E-state index is 0.00646. The van der Waals surface area contributed by atoms with E-state index in [2.05, 4.69) is 10.2 Å². The summed E-state index contributed by atoms with van der Waals surface area (Å²) < 4.78 is 20.0. The molecule has 0 atom stereocenters. The van der Waals surface area contributed by atoms with Crippen molar-refractivity contribution < 1.29 is 19.0 Å². The summed E-state index contributed by atoms with van der Waals surface area (Å²) in [5.74, 6) is -0.911. The number of carbonyl (C=O) groups excluding carboxylic acids is 1. The molecule has 0 saturated carbocycles. The fraction of sp³-hybridized carbons (Fsp3) is 0.348. The Hall–Kier alpha value is -3.10. The van der Waals surface area contributed by atoms with Gasteiger partial charge in [0.05, 0.1) is 36.0 Å². The van der Waals surface area contributed by atoms with Crippen LogP contribution in [0.25, 0.3) is 10.8 Å². The van der Waals surface area contributed by atoms with Gasteiger partial charge in [0.25, 0.3) is 11.5 Å². The van der Waals surface area contributed by atoms with Crippen molar-refractivity contribution in [3.8, 4) is 0 Å². The number of ether oxygens (including phenoxy) is 1. The van der Waals surface area contributed by atoms with Gasteiger partial charge in [0, 0.05) is 24.9 Å². The van der Waals surface area contributed by atoms with Gasteiger partial charge < -0.3 is 14.7 Å². The van der Waals surface area contributed by atoms with Crippen LogP contribution >= 0.6 is 0 Å². The van der Waals surface area contributed by atoms with Crippen LogP contribution in [0.1, 0.15) is 34.5 Å². The van der Waals surface area contributed by atoms with Gasteiger partial charge in [-0.3, -0.25) is 9.59 Å². The predicted octanol–water partition coefficient (Wildman–Crippen LogP) is 2.27. The zero-order valence-corrected chi connectivity index (χ0v) is 17.0. The Kier molecular flexibility index (Phi) is 6.39. The van der Waals surface area contributed by atoms with Crippen molar-refractivity contribution in [1.29, 1.82) is 0 Å². The maximum atomic E-state index is 14.5. The molecule has 2 heterocycles. The molecule has 1 aliphatic rings. The van der Waals surface area contributed by atoms with E-state index in [-0.39, 0.29) is 36.3 Å². The normalized spacial score (nSPS) is 14.8. The van der Waals surface area contributed by atoms with Gasteiger partial charge in [-0.15, -0.1) is 0 Å². The Morgan fingerprint density at radius 1 is 1.19 bits per heavy atom. The lowest BCUT2D eigenvalue weighted by molar-refractivity contribution is -0.00561. The molecular weight excluding hydrogens is 401 g/mol. The molecular formula is C23H24FN3O4. The van der Waals surface area contributed by atoms with Crippen molar-refractivity contribution in [3.05, 3.63) is 75.5 Å². The lowest BCUT2D eigenvalue weighted by atomic mass is 10.0. The molecule has 1 saturated heterocycles. The first kappa shape index (κ1) is 21.1. The summed E-state index contributed by atoms with van der Waals surface area (Å²) in [7, 11) is 0. The number of piperidine rings is 1. The van der Waals surface area contributed by atoms with Crippen LogP contribution in [-0.2, 0) is 11.2 Å². The van der Waals surface area contributed by atoms with Crippen LogP contribution in [0.4, 0.5) is 4.39 Å². The van der Waals surface area contributed by atoms with Gasteiger partial charge in [-0.2, -0.15) is 5.10 Å². The number of aromatic amines is 1. The van der Waals surface area contributed by atoms with Crippen LogP contribution in [0.5, 0.6) is 0 Å². The van der Waals surface area contributed by atoms with Crippen LogP contribution in [0, 0.1) is 5.82 Å². The third kappa shape index (κ3) is 4.65. The molecule has 0 bridgehead atoms. The van der Waals surface area contributed by atoms with Crippen LogP contribution in [0.3, 0.4) is 0 Å². The van der Waals surface area contributed by atoms with Crippen LogP contribution in [0.15, 0.2) is 47.3 Å². The molecule has 7 nitrogen and oxygen atoms in total. The number of nitrogens with one attached hydrogen (secondary N) is 1. The maximum absolute atomic E-state index is 14.5. The molecule has 4 rings (SSSR count). The van der Waals surface area contributed by atoms with E-state index in [0.29, 0.717) is 43.4 Å². The molecule has 0 spiro atoms. The van der Waals surface area contributed by atoms with E-state index in [1.54, 1.807) is 29.2 Å². The highest BCUT2D eigenvalue weighted by molar-refractivity contribution is 5.94. The highest BCUT2D eigenvalue weighted by Gasteiger charge is 2.26. The number of aromatic nitrogens is 2. The lowest BCUT2D eigenvalue weighted by Gasteiger charge is -2.32. The highest BCUT2D eigenvalue weighted by Crippen LogP contribution is 2.21. The Bertz CT molecular complexity index is 1140. The molecule has 1 aromatic heterocycles. The summed E-state index contributed by atoms with van der Waals surface area (Å²) >= 11 is 0. The number of carbonyl (C=O) groups is 1. The van der Waals surface area contributed by atoms with Crippen molar-refractivity contribution in [1.82, 2.24) is 15.1 Å². The second kappa shape index (κ2) is 9.36. The molecule has 0 aliphatic carbocycles. The van der Waals surface area contributed by atoms with Gasteiger partial charge in [-0.05, 0) is 36.6 Å². The first-order chi connectivity index (χ1) is 15.1. The third-order valence-electron chi connectivity index (χ3n) is 5.58. The summed E-state index contributed by atoms with van der Waals surface area (Å²) in [6.45, 7) is 1.20. The fourth-order valence-corrected chi connectivity index (χ4v) is 3.96. The molecule has 1 aliphatic heterocycles. The summed E-state index contributed by atoms with van der Waals surface area (Å²) in [5.41, 5.74) is 1.15. The third-order valence-corrected chi connectivity index (χ3v) is 5.58. The number of aliphatic hydroxyl groups is 1. The molecule has 8 heteroatoms. The van der Waals surface area contributed by atoms with Gasteiger partial charge in [0.2, 0.25) is 0 Å². The largest absolute Gasteiger partial charge is 0.394 e. The van der Waals surface area contributed by atoms with Gasteiger partial charge in [0.1, 0.15) is 5.82 Å². The number of fused-ring (bicyclic) bond motifs is 1. The Morgan fingerprint density at radius 3 is 2.68 bits per heavy atom. The molecule has 162 valence electrons. The summed E-state index contributed by atoms with van der Waals surface area (Å²) in [4.78, 5) is 26.6. The zero-order chi connectivity index (χ0) is 21.8. The molecule has 3 aromatic rings. The number of rotatable bonds is 6. The summed E-state index contributed by atoms with van der Waals surface area (Å²) in [6, 6.07) is 11.7. The SMILES string of the molecule is O=C(c1cc(Cc2n[nH]c(=O)c3ccccc23)ccc1F)N1CCC(OCCO)CC1. The topological polar surface area (TPSA) is 95.5 Å². The second-order valence-corrected chi connectivity index (χ2v) is 7.62. The lowest BCUT2D eigenvalue weighted by Crippen LogP contribution is -2.41. The highest BCUT2D eigenvalue weighted by atomic mass is 19.1. The number of halogens is 1. The Balaban J connectivity index is 1.53. The molecule has 0 radical (unpaired) electrons. The molecule has 2 aromatic carbocycles. The summed E-state index contributed by atoms with van der Waals surface area (Å²) in [5, 5.41) is 16.8. The number of aliphatic hydroxyl groups excluding tert-OH is 1. The number of hydrogen-bond acceptors (Lipinski definition) is 5. The first-order valence-corrected chi connectivity index (χ1v) is 10.3. The average molecular weight is 425 g/mol. The second-order valence-electron chi connectivity index (χ2n) is 7.62. The predicted molar refractivity (Wildman–Crippen MR) is 114 cm³/mol. The monoisotopic (exact) mass is 425 g/mol. The quantitative estimate of drug-likeness (QED) is 0.632. The number of nitrogens with zero attached hydrogens (tertiary/aromatic N) is 2. The van der Waals surface area contributed by atoms with E-state index in [0.717, 1.165) is 10.9 Å². The minimum atomic E-state index is -0.563. The Labute approximate surface area is 178 Å². The standard InChI is InChI=1S/C23H24FN3O4/c24-20-6-5-15(14-21-17-3-1-2-4-18(17)22(29)26-25-21)13-19(20)23(30)27-9-7-16(8-10-27)31-12-11-28/h1-6,13,16,28H,7-12,14H2,(H,26,29). The van der Waals surface area contributed by atoms with E-state index in [1.807, 2.05) is 12.1 Å². The summed E-state index contributed by atoms with van der Waals surface area (Å²) in [6.07, 6.45) is 1.67. The van der Waals surface area contributed by atoms with Gasteiger partial charge in [0.15, 0.2) is 0 Å². The molecule has 2 N–H and O–H groups in total. The van der Waals surface area contributed by atoms with Crippen molar-refractivity contribution in [2.24, 2.45) is 0 Å². The first-order valence-electron chi connectivity index (χ1n) is 10.3. The number of benzene rings is 2. The van der Waals surface area contributed by atoms with E-state index in [9.17, 15) is 14.0 Å². The Morgan fingerprint density at radius 2 is 1.94 bits per heavy atom. The van der Waals surface area contributed by atoms with Crippen molar-refractivity contribution >= 4 is 16.7 Å². The molecule has 1 fully saturated rings. The van der Waals surface area contributed by atoms with E-state index in [4.69, 9.17) is 9.84 Å². The average Bonchev–Trinajstić information content (AvgIpc) is 2.81. The van der Waals surface area contributed by atoms with Gasteiger partial charge >= 0.3 is 0 Å². The fourth-order valence-electron chi connectivity index (χ4n) is 3.96. The van der Waals surface area contributed by atoms with Crippen molar-refractivity contribution in [2.45, 2.75) is 25.4 Å². The van der Waals surface area contributed by atoms with E-state index >= 15 is 0 Å².